The predicted octanol–water partition coefficient (Wildman–Crippen LogP) is -0.212. The Hall–Kier alpha value is -0.980. The monoisotopic (exact) mass is 214 g/mol. The van der Waals surface area contributed by atoms with Crippen LogP contribution >= 0.6 is 0 Å². The van der Waals surface area contributed by atoms with Crippen molar-refractivity contribution in [3.05, 3.63) is 11.9 Å². The number of ether oxygens (including phenoxy) is 2. The number of aromatic nitrogens is 3. The Balaban J connectivity index is 2.19. The van der Waals surface area contributed by atoms with Crippen molar-refractivity contribution >= 4 is 0 Å². The molecule has 0 aliphatic carbocycles. The summed E-state index contributed by atoms with van der Waals surface area (Å²) in [5, 5.41) is 7.78. The van der Waals surface area contributed by atoms with E-state index < -0.39 is 0 Å². The Morgan fingerprint density at radius 3 is 3.00 bits per heavy atom. The number of nitrogens with two attached hydrogens (primary N) is 1. The fourth-order valence-corrected chi connectivity index (χ4v) is 1.17. The highest BCUT2D eigenvalue weighted by Gasteiger charge is 2.02. The fraction of sp³-hybridized carbons (Fsp3) is 0.778. The van der Waals surface area contributed by atoms with Crippen LogP contribution in [0.1, 0.15) is 12.6 Å². The molecule has 1 atom stereocenters. The number of hydrogen-bond donors (Lipinski definition) is 1. The van der Waals surface area contributed by atoms with Crippen LogP contribution in [0.25, 0.3) is 0 Å². The van der Waals surface area contributed by atoms with Gasteiger partial charge in [-0.2, -0.15) is 0 Å². The number of nitrogens with zero attached hydrogens (tertiary/aromatic N) is 3. The molecule has 1 aromatic rings. The Labute approximate surface area is 89.3 Å². The lowest BCUT2D eigenvalue weighted by Gasteiger charge is -2.11. The summed E-state index contributed by atoms with van der Waals surface area (Å²) in [6, 6.07) is 0. The minimum atomic E-state index is 0.104. The van der Waals surface area contributed by atoms with Gasteiger partial charge in [0.25, 0.3) is 0 Å². The summed E-state index contributed by atoms with van der Waals surface area (Å²) in [4.78, 5) is 0. The first kappa shape index (κ1) is 12.1. The fourth-order valence-electron chi connectivity index (χ4n) is 1.17. The van der Waals surface area contributed by atoms with Crippen molar-refractivity contribution in [2.24, 2.45) is 5.73 Å². The van der Waals surface area contributed by atoms with E-state index in [9.17, 15) is 0 Å². The molecular formula is C9H18N4O2. The van der Waals surface area contributed by atoms with Crippen LogP contribution in [0.5, 0.6) is 0 Å². The van der Waals surface area contributed by atoms with E-state index in [0.717, 1.165) is 5.69 Å². The van der Waals surface area contributed by atoms with Gasteiger partial charge in [-0.25, -0.2) is 4.68 Å². The van der Waals surface area contributed by atoms with E-state index in [4.69, 9.17) is 15.2 Å². The summed E-state index contributed by atoms with van der Waals surface area (Å²) in [6.45, 7) is 4.27. The quantitative estimate of drug-likeness (QED) is 0.679. The maximum Gasteiger partial charge on any atom is 0.0962 e. The van der Waals surface area contributed by atoms with Crippen molar-refractivity contribution in [1.82, 2.24) is 15.0 Å². The lowest BCUT2D eigenvalue weighted by molar-refractivity contribution is 0.00494. The van der Waals surface area contributed by atoms with E-state index in [-0.39, 0.29) is 6.10 Å². The molecule has 6 heteroatoms. The van der Waals surface area contributed by atoms with Crippen molar-refractivity contribution in [2.75, 3.05) is 20.3 Å². The van der Waals surface area contributed by atoms with Crippen molar-refractivity contribution in [3.63, 3.8) is 0 Å². The Morgan fingerprint density at radius 2 is 2.40 bits per heavy atom. The van der Waals surface area contributed by atoms with E-state index in [1.807, 2.05) is 13.1 Å². The van der Waals surface area contributed by atoms with Crippen molar-refractivity contribution < 1.29 is 9.47 Å². The molecule has 0 amide bonds. The SMILES string of the molecule is COCC(C)OCCn1cc(CN)nn1. The number of hydrogen-bond acceptors (Lipinski definition) is 5. The van der Waals surface area contributed by atoms with Gasteiger partial charge in [-0.15, -0.1) is 5.10 Å². The molecule has 0 aliphatic rings. The lowest BCUT2D eigenvalue weighted by atomic mass is 10.4. The molecule has 15 heavy (non-hydrogen) atoms. The van der Waals surface area contributed by atoms with Crippen LogP contribution in [-0.4, -0.2) is 41.4 Å². The molecule has 0 saturated carbocycles. The maximum atomic E-state index is 5.48. The molecule has 2 N–H and O–H groups in total. The van der Waals surface area contributed by atoms with Gasteiger partial charge in [-0.1, -0.05) is 5.21 Å². The van der Waals surface area contributed by atoms with Gasteiger partial charge >= 0.3 is 0 Å². The minimum Gasteiger partial charge on any atom is -0.382 e. The Kier molecular flexibility index (Phi) is 5.23. The third-order valence-corrected chi connectivity index (χ3v) is 1.92. The van der Waals surface area contributed by atoms with Crippen LogP contribution < -0.4 is 5.73 Å². The van der Waals surface area contributed by atoms with Crippen LogP contribution in [0.2, 0.25) is 0 Å². The molecule has 0 fully saturated rings. The van der Waals surface area contributed by atoms with Crippen LogP contribution in [0, 0.1) is 0 Å². The van der Waals surface area contributed by atoms with E-state index in [2.05, 4.69) is 10.3 Å². The van der Waals surface area contributed by atoms with Crippen molar-refractivity contribution in [1.29, 1.82) is 0 Å². The lowest BCUT2D eigenvalue weighted by Crippen LogP contribution is -2.18. The van der Waals surface area contributed by atoms with Crippen LogP contribution in [0.3, 0.4) is 0 Å². The second-order valence-corrected chi connectivity index (χ2v) is 3.31. The molecule has 1 aromatic heterocycles. The van der Waals surface area contributed by atoms with Crippen molar-refractivity contribution in [3.8, 4) is 0 Å². The molecule has 0 aliphatic heterocycles. The highest BCUT2D eigenvalue weighted by atomic mass is 16.5. The molecule has 6 nitrogen and oxygen atoms in total. The van der Waals surface area contributed by atoms with E-state index in [1.54, 1.807) is 11.8 Å². The van der Waals surface area contributed by atoms with Crippen molar-refractivity contribution in [2.45, 2.75) is 26.1 Å². The second kappa shape index (κ2) is 6.49. The van der Waals surface area contributed by atoms with E-state index >= 15 is 0 Å². The summed E-state index contributed by atoms with van der Waals surface area (Å²) in [5.41, 5.74) is 6.21. The standard InChI is InChI=1S/C9H18N4O2/c1-8(7-14-2)15-4-3-13-6-9(5-10)11-12-13/h6,8H,3-5,7,10H2,1-2H3. The first-order valence-corrected chi connectivity index (χ1v) is 4.96. The third kappa shape index (κ3) is 4.37. The van der Waals surface area contributed by atoms with Gasteiger partial charge in [0, 0.05) is 19.9 Å². The van der Waals surface area contributed by atoms with E-state index in [0.29, 0.717) is 26.3 Å². The van der Waals surface area contributed by atoms with Gasteiger partial charge < -0.3 is 15.2 Å². The molecule has 1 unspecified atom stereocenters. The normalized spacial score (nSPS) is 13.0. The number of methoxy groups -OCH3 is 1. The largest absolute Gasteiger partial charge is 0.382 e. The zero-order valence-electron chi connectivity index (χ0n) is 9.22. The minimum absolute atomic E-state index is 0.104. The highest BCUT2D eigenvalue weighted by molar-refractivity contribution is 4.90. The average molecular weight is 214 g/mol. The molecule has 1 rings (SSSR count). The molecule has 0 saturated heterocycles. The topological polar surface area (TPSA) is 75.2 Å². The first-order valence-electron chi connectivity index (χ1n) is 4.96. The number of rotatable bonds is 7. The molecule has 0 aromatic carbocycles. The summed E-state index contributed by atoms with van der Waals surface area (Å²) in [7, 11) is 1.66. The van der Waals surface area contributed by atoms with Gasteiger partial charge in [0.2, 0.25) is 0 Å². The summed E-state index contributed by atoms with van der Waals surface area (Å²) < 4.78 is 12.2. The molecule has 0 bridgehead atoms. The molecular weight excluding hydrogens is 196 g/mol. The van der Waals surface area contributed by atoms with Gasteiger partial charge in [0.05, 0.1) is 31.6 Å². The van der Waals surface area contributed by atoms with Gasteiger partial charge in [0.1, 0.15) is 0 Å². The van der Waals surface area contributed by atoms with Gasteiger partial charge in [-0.05, 0) is 6.92 Å². The van der Waals surface area contributed by atoms with Crippen LogP contribution in [-0.2, 0) is 22.6 Å². The zero-order valence-corrected chi connectivity index (χ0v) is 9.22. The van der Waals surface area contributed by atoms with Crippen LogP contribution in [0.4, 0.5) is 0 Å². The first-order chi connectivity index (χ1) is 7.26. The maximum absolute atomic E-state index is 5.48. The Morgan fingerprint density at radius 1 is 1.60 bits per heavy atom. The molecule has 0 spiro atoms. The molecule has 0 radical (unpaired) electrons. The predicted molar refractivity (Wildman–Crippen MR) is 55.2 cm³/mol. The zero-order chi connectivity index (χ0) is 11.1. The summed E-state index contributed by atoms with van der Waals surface area (Å²) in [5.74, 6) is 0. The van der Waals surface area contributed by atoms with Gasteiger partial charge in [-0.3, -0.25) is 0 Å². The van der Waals surface area contributed by atoms with E-state index in [1.165, 1.54) is 0 Å². The van der Waals surface area contributed by atoms with Crippen LogP contribution in [0.15, 0.2) is 6.20 Å². The summed E-state index contributed by atoms with van der Waals surface area (Å²) >= 11 is 0. The smallest absolute Gasteiger partial charge is 0.0962 e. The second-order valence-electron chi connectivity index (χ2n) is 3.31. The summed E-state index contributed by atoms with van der Waals surface area (Å²) in [6.07, 6.45) is 1.93. The Bertz CT molecular complexity index is 277. The molecule has 86 valence electrons. The molecule has 1 heterocycles. The highest BCUT2D eigenvalue weighted by Crippen LogP contribution is 1.94. The average Bonchev–Trinajstić information content (AvgIpc) is 2.66. The van der Waals surface area contributed by atoms with Gasteiger partial charge in [0.15, 0.2) is 0 Å². The third-order valence-electron chi connectivity index (χ3n) is 1.92.